The van der Waals surface area contributed by atoms with Crippen LogP contribution in [0.25, 0.3) is 0 Å². The Labute approximate surface area is 134 Å². The molecule has 6 nitrogen and oxygen atoms in total. The van der Waals surface area contributed by atoms with Crippen molar-refractivity contribution in [1.82, 2.24) is 10.6 Å². The number of alkyl carbamates (subject to hydrolysis) is 1. The molecule has 0 aliphatic carbocycles. The summed E-state index contributed by atoms with van der Waals surface area (Å²) >= 11 is 5.79. The molecule has 1 rings (SSSR count). The summed E-state index contributed by atoms with van der Waals surface area (Å²) in [7, 11) is 0. The fourth-order valence-electron chi connectivity index (χ4n) is 1.47. The van der Waals surface area contributed by atoms with Gasteiger partial charge in [0, 0.05) is 10.6 Å². The van der Waals surface area contributed by atoms with Crippen LogP contribution in [0.15, 0.2) is 24.3 Å². The van der Waals surface area contributed by atoms with Gasteiger partial charge in [0.1, 0.15) is 12.1 Å². The predicted molar refractivity (Wildman–Crippen MR) is 83.0 cm³/mol. The van der Waals surface area contributed by atoms with Gasteiger partial charge in [0.2, 0.25) is 5.91 Å². The van der Waals surface area contributed by atoms with Crippen molar-refractivity contribution >= 4 is 29.4 Å². The summed E-state index contributed by atoms with van der Waals surface area (Å²) in [6.45, 7) is 4.72. The van der Waals surface area contributed by atoms with Gasteiger partial charge in [-0.1, -0.05) is 23.7 Å². The molecule has 0 unspecified atom stereocenters. The molecular formula is C15H19ClN2O4. The number of ether oxygens (including phenoxy) is 1. The topological polar surface area (TPSA) is 84.5 Å². The lowest BCUT2D eigenvalue weighted by Gasteiger charge is -2.19. The van der Waals surface area contributed by atoms with Crippen LogP contribution in [0.2, 0.25) is 5.02 Å². The number of ketones is 1. The zero-order valence-electron chi connectivity index (χ0n) is 12.7. The van der Waals surface area contributed by atoms with Crippen molar-refractivity contribution in [3.63, 3.8) is 0 Å². The lowest BCUT2D eigenvalue weighted by molar-refractivity contribution is -0.120. The summed E-state index contributed by atoms with van der Waals surface area (Å²) in [6.07, 6.45) is -0.691. The summed E-state index contributed by atoms with van der Waals surface area (Å²) in [4.78, 5) is 34.8. The molecule has 2 amide bonds. The van der Waals surface area contributed by atoms with Crippen LogP contribution in [-0.2, 0) is 9.53 Å². The Bertz CT molecular complexity index is 567. The Morgan fingerprint density at radius 3 is 2.41 bits per heavy atom. The molecule has 0 aliphatic rings. The highest BCUT2D eigenvalue weighted by Gasteiger charge is 2.16. The minimum absolute atomic E-state index is 0.171. The number of benzene rings is 1. The summed E-state index contributed by atoms with van der Waals surface area (Å²) in [5.41, 5.74) is -0.226. The van der Waals surface area contributed by atoms with Crippen molar-refractivity contribution in [2.45, 2.75) is 26.4 Å². The SMILES string of the molecule is CC(C)(C)OC(=O)NCC(=O)NCC(=O)c1cccc(Cl)c1. The molecule has 0 fully saturated rings. The molecule has 0 saturated carbocycles. The van der Waals surface area contributed by atoms with Gasteiger partial charge in [0.15, 0.2) is 5.78 Å². The Hall–Kier alpha value is -2.08. The first-order valence-corrected chi connectivity index (χ1v) is 7.07. The number of amides is 2. The molecule has 1 aromatic carbocycles. The number of carbonyl (C=O) groups excluding carboxylic acids is 3. The third-order valence-electron chi connectivity index (χ3n) is 2.38. The lowest BCUT2D eigenvalue weighted by atomic mass is 10.1. The first kappa shape index (κ1) is 18.0. The molecule has 1 aromatic rings. The highest BCUT2D eigenvalue weighted by molar-refractivity contribution is 6.31. The van der Waals surface area contributed by atoms with E-state index in [4.69, 9.17) is 16.3 Å². The van der Waals surface area contributed by atoms with Gasteiger partial charge in [-0.25, -0.2) is 4.79 Å². The van der Waals surface area contributed by atoms with E-state index in [1.165, 1.54) is 6.07 Å². The summed E-state index contributed by atoms with van der Waals surface area (Å²) < 4.78 is 4.98. The summed E-state index contributed by atoms with van der Waals surface area (Å²) in [6, 6.07) is 6.44. The normalized spacial score (nSPS) is 10.7. The maximum atomic E-state index is 11.8. The van der Waals surface area contributed by atoms with Gasteiger partial charge in [0.05, 0.1) is 6.54 Å². The van der Waals surface area contributed by atoms with Gasteiger partial charge < -0.3 is 15.4 Å². The van der Waals surface area contributed by atoms with Crippen molar-refractivity contribution in [3.8, 4) is 0 Å². The summed E-state index contributed by atoms with van der Waals surface area (Å²) in [5, 5.41) is 5.17. The highest BCUT2D eigenvalue weighted by Crippen LogP contribution is 2.10. The number of rotatable bonds is 5. The number of hydrogen-bond acceptors (Lipinski definition) is 4. The van der Waals surface area contributed by atoms with Gasteiger partial charge in [-0.05, 0) is 32.9 Å². The third-order valence-corrected chi connectivity index (χ3v) is 2.62. The Kier molecular flexibility index (Phi) is 6.37. The molecule has 2 N–H and O–H groups in total. The van der Waals surface area contributed by atoms with Crippen LogP contribution in [0, 0.1) is 0 Å². The van der Waals surface area contributed by atoms with E-state index >= 15 is 0 Å². The molecule has 120 valence electrons. The minimum atomic E-state index is -0.691. The molecule has 0 aromatic heterocycles. The van der Waals surface area contributed by atoms with Gasteiger partial charge >= 0.3 is 6.09 Å². The number of carbonyl (C=O) groups is 3. The van der Waals surface area contributed by atoms with E-state index in [9.17, 15) is 14.4 Å². The van der Waals surface area contributed by atoms with E-state index < -0.39 is 17.6 Å². The average Bonchev–Trinajstić information content (AvgIpc) is 2.40. The highest BCUT2D eigenvalue weighted by atomic mass is 35.5. The number of halogens is 1. The van der Waals surface area contributed by atoms with Crippen molar-refractivity contribution in [2.75, 3.05) is 13.1 Å². The second kappa shape index (κ2) is 7.79. The van der Waals surface area contributed by atoms with Crippen LogP contribution >= 0.6 is 11.6 Å². The van der Waals surface area contributed by atoms with E-state index in [-0.39, 0.29) is 18.9 Å². The number of nitrogens with one attached hydrogen (secondary N) is 2. The summed E-state index contributed by atoms with van der Waals surface area (Å²) in [5.74, 6) is -0.755. The van der Waals surface area contributed by atoms with E-state index in [1.54, 1.807) is 39.0 Å². The maximum absolute atomic E-state index is 11.8. The molecule has 0 radical (unpaired) electrons. The molecule has 0 aliphatic heterocycles. The van der Waals surface area contributed by atoms with Gasteiger partial charge in [-0.2, -0.15) is 0 Å². The maximum Gasteiger partial charge on any atom is 0.408 e. The Morgan fingerprint density at radius 1 is 1.14 bits per heavy atom. The molecule has 0 atom stereocenters. The second-order valence-electron chi connectivity index (χ2n) is 5.57. The minimum Gasteiger partial charge on any atom is -0.444 e. The Morgan fingerprint density at radius 2 is 1.82 bits per heavy atom. The zero-order chi connectivity index (χ0) is 16.8. The lowest BCUT2D eigenvalue weighted by Crippen LogP contribution is -2.41. The average molecular weight is 327 g/mol. The second-order valence-corrected chi connectivity index (χ2v) is 6.00. The van der Waals surface area contributed by atoms with E-state index in [0.29, 0.717) is 10.6 Å². The van der Waals surface area contributed by atoms with Crippen LogP contribution in [0.3, 0.4) is 0 Å². The van der Waals surface area contributed by atoms with Gasteiger partial charge in [-0.15, -0.1) is 0 Å². The molecule has 0 spiro atoms. The molecular weight excluding hydrogens is 308 g/mol. The standard InChI is InChI=1S/C15H19ClN2O4/c1-15(2,3)22-14(21)18-9-13(20)17-8-12(19)10-5-4-6-11(16)7-10/h4-7H,8-9H2,1-3H3,(H,17,20)(H,18,21). The first-order valence-electron chi connectivity index (χ1n) is 6.70. The third kappa shape index (κ3) is 7.08. The van der Waals surface area contributed by atoms with Crippen LogP contribution < -0.4 is 10.6 Å². The van der Waals surface area contributed by atoms with Crippen LogP contribution in [0.4, 0.5) is 4.79 Å². The monoisotopic (exact) mass is 326 g/mol. The number of Topliss-reactive ketones (excluding diaryl/α,β-unsaturated/α-hetero) is 1. The Balaban J connectivity index is 2.34. The molecule has 22 heavy (non-hydrogen) atoms. The molecule has 7 heteroatoms. The first-order chi connectivity index (χ1) is 10.2. The largest absolute Gasteiger partial charge is 0.444 e. The molecule has 0 bridgehead atoms. The smallest absolute Gasteiger partial charge is 0.408 e. The fourth-order valence-corrected chi connectivity index (χ4v) is 1.66. The van der Waals surface area contributed by atoms with Crippen molar-refractivity contribution < 1.29 is 19.1 Å². The molecule has 0 saturated heterocycles. The zero-order valence-corrected chi connectivity index (χ0v) is 13.5. The van der Waals surface area contributed by atoms with Crippen molar-refractivity contribution in [2.24, 2.45) is 0 Å². The van der Waals surface area contributed by atoms with E-state index in [1.807, 2.05) is 0 Å². The van der Waals surface area contributed by atoms with Gasteiger partial charge in [0.25, 0.3) is 0 Å². The van der Waals surface area contributed by atoms with Crippen molar-refractivity contribution in [1.29, 1.82) is 0 Å². The van der Waals surface area contributed by atoms with Crippen LogP contribution in [0.5, 0.6) is 0 Å². The molecule has 0 heterocycles. The van der Waals surface area contributed by atoms with Gasteiger partial charge in [-0.3, -0.25) is 9.59 Å². The predicted octanol–water partition coefficient (Wildman–Crippen LogP) is 2.16. The van der Waals surface area contributed by atoms with E-state index in [0.717, 1.165) is 0 Å². The fraction of sp³-hybridized carbons (Fsp3) is 0.400. The van der Waals surface area contributed by atoms with Crippen LogP contribution in [0.1, 0.15) is 31.1 Å². The van der Waals surface area contributed by atoms with Crippen molar-refractivity contribution in [3.05, 3.63) is 34.9 Å². The van der Waals surface area contributed by atoms with E-state index in [2.05, 4.69) is 10.6 Å². The quantitative estimate of drug-likeness (QED) is 0.812. The van der Waals surface area contributed by atoms with Crippen LogP contribution in [-0.4, -0.2) is 36.5 Å². The number of hydrogen-bond donors (Lipinski definition) is 2.